The Hall–Kier alpha value is -3.24. The number of nitrogen functional groups attached to an aromatic ring is 1. The Labute approximate surface area is 137 Å². The molecule has 0 saturated carbocycles. The number of nitriles is 1. The molecule has 0 radical (unpaired) electrons. The van der Waals surface area contributed by atoms with Gasteiger partial charge in [0.2, 0.25) is 5.13 Å². The quantitative estimate of drug-likeness (QED) is 0.568. The number of thiazole rings is 1. The van der Waals surface area contributed by atoms with Gasteiger partial charge in [-0.25, -0.2) is 9.97 Å². The molecule has 7 heteroatoms. The van der Waals surface area contributed by atoms with Crippen molar-refractivity contribution in [1.29, 1.82) is 5.26 Å². The second-order valence-corrected chi connectivity index (χ2v) is 5.44. The van der Waals surface area contributed by atoms with Gasteiger partial charge in [0.05, 0.1) is 6.21 Å². The van der Waals surface area contributed by atoms with E-state index in [0.29, 0.717) is 16.6 Å². The van der Waals surface area contributed by atoms with Crippen molar-refractivity contribution in [3.05, 3.63) is 59.2 Å². The highest BCUT2D eigenvalue weighted by Crippen LogP contribution is 2.22. The predicted molar refractivity (Wildman–Crippen MR) is 92.1 cm³/mol. The van der Waals surface area contributed by atoms with Gasteiger partial charge < -0.3 is 5.73 Å². The van der Waals surface area contributed by atoms with E-state index in [1.165, 1.54) is 11.3 Å². The Balaban J connectivity index is 1.73. The lowest BCUT2D eigenvalue weighted by Crippen LogP contribution is -1.92. The molecule has 0 unspecified atom stereocenters. The molecule has 2 heterocycles. The van der Waals surface area contributed by atoms with Gasteiger partial charge in [0, 0.05) is 17.1 Å². The molecule has 3 N–H and O–H groups in total. The fourth-order valence-electron chi connectivity index (χ4n) is 1.98. The fraction of sp³-hybridized carbons (Fsp3) is 0. The van der Waals surface area contributed by atoms with Crippen LogP contribution in [0.2, 0.25) is 0 Å². The Morgan fingerprint density at radius 2 is 2.09 bits per heavy atom. The smallest absolute Gasteiger partial charge is 0.205 e. The second-order valence-electron chi connectivity index (χ2n) is 4.58. The molecular weight excluding hydrogens is 308 g/mol. The van der Waals surface area contributed by atoms with Crippen LogP contribution in [0.3, 0.4) is 0 Å². The number of nitrogens with one attached hydrogen (secondary N) is 1. The SMILES string of the molecule is N#Cc1ncccc1-c1ccc(C=NNc2nc(N)cs2)cc1. The van der Waals surface area contributed by atoms with E-state index in [4.69, 9.17) is 11.0 Å². The van der Waals surface area contributed by atoms with E-state index in [-0.39, 0.29) is 0 Å². The van der Waals surface area contributed by atoms with Crippen LogP contribution in [0.4, 0.5) is 10.9 Å². The van der Waals surface area contributed by atoms with Gasteiger partial charge in [0.15, 0.2) is 0 Å². The number of pyridine rings is 1. The standard InChI is InChI=1S/C16H12N6S/c17-8-14-13(2-1-7-19-14)12-5-3-11(4-6-12)9-20-22-16-21-15(18)10-23-16/h1-7,9-10H,18H2,(H,21,22). The molecule has 0 aliphatic rings. The molecule has 0 amide bonds. The van der Waals surface area contributed by atoms with Crippen LogP contribution in [-0.2, 0) is 0 Å². The molecule has 0 bridgehead atoms. The van der Waals surface area contributed by atoms with Crippen LogP contribution < -0.4 is 11.2 Å². The van der Waals surface area contributed by atoms with Crippen LogP contribution >= 0.6 is 11.3 Å². The zero-order valence-corrected chi connectivity index (χ0v) is 12.8. The third-order valence-electron chi connectivity index (χ3n) is 3.03. The third kappa shape index (κ3) is 3.51. The minimum Gasteiger partial charge on any atom is -0.383 e. The van der Waals surface area contributed by atoms with Crippen molar-refractivity contribution < 1.29 is 0 Å². The third-order valence-corrected chi connectivity index (χ3v) is 3.80. The minimum atomic E-state index is 0.414. The molecule has 0 saturated heterocycles. The van der Waals surface area contributed by atoms with Crippen LogP contribution in [0.25, 0.3) is 11.1 Å². The van der Waals surface area contributed by atoms with Crippen molar-refractivity contribution in [3.8, 4) is 17.2 Å². The first-order valence-corrected chi connectivity index (χ1v) is 7.60. The predicted octanol–water partition coefficient (Wildman–Crippen LogP) is 3.10. The number of nitrogens with zero attached hydrogens (tertiary/aromatic N) is 4. The van der Waals surface area contributed by atoms with Crippen molar-refractivity contribution in [2.75, 3.05) is 11.2 Å². The lowest BCUT2D eigenvalue weighted by molar-refractivity contribution is 1.26. The van der Waals surface area contributed by atoms with Crippen molar-refractivity contribution in [2.24, 2.45) is 5.10 Å². The maximum absolute atomic E-state index is 9.10. The molecule has 0 fully saturated rings. The van der Waals surface area contributed by atoms with Crippen molar-refractivity contribution in [3.63, 3.8) is 0 Å². The lowest BCUT2D eigenvalue weighted by atomic mass is 10.0. The monoisotopic (exact) mass is 320 g/mol. The first-order chi connectivity index (χ1) is 11.3. The number of benzene rings is 1. The van der Waals surface area contributed by atoms with Crippen molar-refractivity contribution in [2.45, 2.75) is 0 Å². The molecule has 0 spiro atoms. The Morgan fingerprint density at radius 3 is 2.78 bits per heavy atom. The molecule has 1 aromatic carbocycles. The summed E-state index contributed by atoms with van der Waals surface area (Å²) >= 11 is 1.39. The Kier molecular flexibility index (Phi) is 4.27. The number of aromatic nitrogens is 2. The van der Waals surface area contributed by atoms with E-state index < -0.39 is 0 Å². The molecule has 0 aliphatic heterocycles. The maximum Gasteiger partial charge on any atom is 0.205 e. The van der Waals surface area contributed by atoms with Gasteiger partial charge in [-0.2, -0.15) is 10.4 Å². The summed E-state index contributed by atoms with van der Waals surface area (Å²) in [7, 11) is 0. The molecule has 0 aliphatic carbocycles. The van der Waals surface area contributed by atoms with E-state index in [9.17, 15) is 0 Å². The molecule has 6 nitrogen and oxygen atoms in total. The van der Waals surface area contributed by atoms with E-state index in [2.05, 4.69) is 26.6 Å². The zero-order chi connectivity index (χ0) is 16.1. The fourth-order valence-corrected chi connectivity index (χ4v) is 2.52. The number of hydrazone groups is 1. The Bertz CT molecular complexity index is 876. The average molecular weight is 320 g/mol. The molecular formula is C16H12N6S. The topological polar surface area (TPSA) is 100.0 Å². The summed E-state index contributed by atoms with van der Waals surface area (Å²) in [5.41, 5.74) is 11.4. The Morgan fingerprint density at radius 1 is 1.26 bits per heavy atom. The van der Waals surface area contributed by atoms with Gasteiger partial charge in [-0.15, -0.1) is 11.3 Å². The second kappa shape index (κ2) is 6.68. The molecule has 3 rings (SSSR count). The van der Waals surface area contributed by atoms with Gasteiger partial charge in [-0.3, -0.25) is 5.43 Å². The number of hydrogen-bond acceptors (Lipinski definition) is 7. The molecule has 3 aromatic rings. The highest BCUT2D eigenvalue weighted by Gasteiger charge is 2.04. The summed E-state index contributed by atoms with van der Waals surface area (Å²) < 4.78 is 0. The van der Waals surface area contributed by atoms with Gasteiger partial charge in [0.25, 0.3) is 0 Å². The molecule has 0 atom stereocenters. The summed E-state index contributed by atoms with van der Waals surface area (Å²) in [6.07, 6.45) is 3.30. The van der Waals surface area contributed by atoms with Crippen molar-refractivity contribution >= 4 is 28.5 Å². The average Bonchev–Trinajstić information content (AvgIpc) is 3.01. The highest BCUT2D eigenvalue weighted by atomic mass is 32.1. The van der Waals surface area contributed by atoms with Gasteiger partial charge in [0.1, 0.15) is 17.6 Å². The molecule has 2 aromatic heterocycles. The van der Waals surface area contributed by atoms with Gasteiger partial charge in [-0.05, 0) is 23.3 Å². The summed E-state index contributed by atoms with van der Waals surface area (Å²) in [5, 5.41) is 15.6. The normalized spacial score (nSPS) is 10.6. The minimum absolute atomic E-state index is 0.414. The first kappa shape index (κ1) is 14.7. The van der Waals surface area contributed by atoms with Crippen LogP contribution in [0.5, 0.6) is 0 Å². The van der Waals surface area contributed by atoms with Crippen LogP contribution in [0, 0.1) is 11.3 Å². The van der Waals surface area contributed by atoms with Crippen LogP contribution in [0.1, 0.15) is 11.3 Å². The van der Waals surface area contributed by atoms with Gasteiger partial charge in [-0.1, -0.05) is 24.3 Å². The number of nitrogens with two attached hydrogens (primary N) is 1. The van der Waals surface area contributed by atoms with Crippen LogP contribution in [-0.4, -0.2) is 16.2 Å². The van der Waals surface area contributed by atoms with Gasteiger partial charge >= 0.3 is 0 Å². The summed E-state index contributed by atoms with van der Waals surface area (Å²) in [4.78, 5) is 8.12. The summed E-state index contributed by atoms with van der Waals surface area (Å²) in [5.74, 6) is 0.474. The highest BCUT2D eigenvalue weighted by molar-refractivity contribution is 7.14. The van der Waals surface area contributed by atoms with E-state index in [1.807, 2.05) is 36.4 Å². The molecule has 23 heavy (non-hydrogen) atoms. The summed E-state index contributed by atoms with van der Waals surface area (Å²) in [6, 6.07) is 13.5. The zero-order valence-electron chi connectivity index (χ0n) is 12.0. The van der Waals surface area contributed by atoms with Crippen molar-refractivity contribution in [1.82, 2.24) is 9.97 Å². The number of rotatable bonds is 4. The largest absolute Gasteiger partial charge is 0.383 e. The van der Waals surface area contributed by atoms with E-state index in [1.54, 1.807) is 17.8 Å². The van der Waals surface area contributed by atoms with E-state index >= 15 is 0 Å². The van der Waals surface area contributed by atoms with E-state index in [0.717, 1.165) is 16.7 Å². The number of anilines is 2. The maximum atomic E-state index is 9.10. The lowest BCUT2D eigenvalue weighted by Gasteiger charge is -2.03. The number of hydrogen-bond donors (Lipinski definition) is 2. The van der Waals surface area contributed by atoms with Crippen LogP contribution in [0.15, 0.2) is 53.1 Å². The first-order valence-electron chi connectivity index (χ1n) is 6.72. The summed E-state index contributed by atoms with van der Waals surface area (Å²) in [6.45, 7) is 0. The molecule has 112 valence electrons.